The fourth-order valence-electron chi connectivity index (χ4n) is 0.996. The zero-order valence-corrected chi connectivity index (χ0v) is 8.10. The van der Waals surface area contributed by atoms with Crippen LogP contribution >= 0.6 is 11.3 Å². The Hall–Kier alpha value is -0.380. The van der Waals surface area contributed by atoms with Crippen molar-refractivity contribution in [2.24, 2.45) is 0 Å². The van der Waals surface area contributed by atoms with E-state index in [2.05, 4.69) is 23.7 Å². The van der Waals surface area contributed by atoms with E-state index in [1.807, 2.05) is 6.07 Å². The lowest BCUT2D eigenvalue weighted by Crippen LogP contribution is -2.30. The van der Waals surface area contributed by atoms with Crippen LogP contribution in [0.3, 0.4) is 0 Å². The van der Waals surface area contributed by atoms with Crippen molar-refractivity contribution in [3.63, 3.8) is 0 Å². The van der Waals surface area contributed by atoms with Crippen molar-refractivity contribution in [3.8, 4) is 0 Å². The standard InChI is InChI=1S/C9H15NOS/c1-2-8(7-11)10-6-9-4-3-5-12-9/h3-5,8,10-11H,2,6-7H2,1H3/t8-/m0/s1. The summed E-state index contributed by atoms with van der Waals surface area (Å²) >= 11 is 1.74. The predicted molar refractivity (Wildman–Crippen MR) is 52.3 cm³/mol. The molecule has 0 aliphatic rings. The van der Waals surface area contributed by atoms with Gasteiger partial charge in [0.2, 0.25) is 0 Å². The van der Waals surface area contributed by atoms with E-state index in [1.54, 1.807) is 11.3 Å². The highest BCUT2D eigenvalue weighted by atomic mass is 32.1. The van der Waals surface area contributed by atoms with Crippen LogP contribution in [0.4, 0.5) is 0 Å². The Morgan fingerprint density at radius 2 is 2.50 bits per heavy atom. The maximum atomic E-state index is 8.90. The number of thiophene rings is 1. The smallest absolute Gasteiger partial charge is 0.0584 e. The first-order valence-corrected chi connectivity index (χ1v) is 5.11. The van der Waals surface area contributed by atoms with Gasteiger partial charge in [-0.1, -0.05) is 13.0 Å². The van der Waals surface area contributed by atoms with Gasteiger partial charge in [0.25, 0.3) is 0 Å². The molecule has 2 N–H and O–H groups in total. The van der Waals surface area contributed by atoms with E-state index in [0.29, 0.717) is 0 Å². The summed E-state index contributed by atoms with van der Waals surface area (Å²) < 4.78 is 0. The van der Waals surface area contributed by atoms with Gasteiger partial charge in [-0.25, -0.2) is 0 Å². The molecule has 0 saturated carbocycles. The van der Waals surface area contributed by atoms with Crippen LogP contribution < -0.4 is 5.32 Å². The third kappa shape index (κ3) is 2.93. The van der Waals surface area contributed by atoms with Crippen molar-refractivity contribution in [2.45, 2.75) is 25.9 Å². The molecule has 68 valence electrons. The lowest BCUT2D eigenvalue weighted by molar-refractivity contribution is 0.238. The highest BCUT2D eigenvalue weighted by Gasteiger charge is 2.02. The second kappa shape index (κ2) is 5.30. The average molecular weight is 185 g/mol. The highest BCUT2D eigenvalue weighted by molar-refractivity contribution is 7.09. The van der Waals surface area contributed by atoms with E-state index in [0.717, 1.165) is 13.0 Å². The quantitative estimate of drug-likeness (QED) is 0.730. The van der Waals surface area contributed by atoms with Gasteiger partial charge >= 0.3 is 0 Å². The molecule has 0 aliphatic heterocycles. The number of nitrogens with one attached hydrogen (secondary N) is 1. The van der Waals surface area contributed by atoms with Gasteiger partial charge in [0.05, 0.1) is 6.61 Å². The van der Waals surface area contributed by atoms with Crippen LogP contribution in [0.25, 0.3) is 0 Å². The maximum Gasteiger partial charge on any atom is 0.0584 e. The van der Waals surface area contributed by atoms with Crippen LogP contribution in [-0.4, -0.2) is 17.8 Å². The van der Waals surface area contributed by atoms with Crippen molar-refractivity contribution >= 4 is 11.3 Å². The molecule has 12 heavy (non-hydrogen) atoms. The van der Waals surface area contributed by atoms with Crippen molar-refractivity contribution in [1.82, 2.24) is 5.32 Å². The first kappa shape index (κ1) is 9.71. The van der Waals surface area contributed by atoms with E-state index < -0.39 is 0 Å². The summed E-state index contributed by atoms with van der Waals surface area (Å²) in [6.45, 7) is 3.17. The van der Waals surface area contributed by atoms with Gasteiger partial charge in [-0.05, 0) is 17.9 Å². The van der Waals surface area contributed by atoms with Gasteiger partial charge in [0, 0.05) is 17.5 Å². The zero-order chi connectivity index (χ0) is 8.81. The molecule has 2 nitrogen and oxygen atoms in total. The van der Waals surface area contributed by atoms with Gasteiger partial charge in [0.15, 0.2) is 0 Å². The monoisotopic (exact) mass is 185 g/mol. The molecule has 0 fully saturated rings. The summed E-state index contributed by atoms with van der Waals surface area (Å²) in [4.78, 5) is 1.32. The van der Waals surface area contributed by atoms with Crippen LogP contribution in [0.1, 0.15) is 18.2 Å². The largest absolute Gasteiger partial charge is 0.395 e. The van der Waals surface area contributed by atoms with E-state index in [4.69, 9.17) is 5.11 Å². The molecule has 0 aliphatic carbocycles. The second-order valence-electron chi connectivity index (χ2n) is 2.75. The highest BCUT2D eigenvalue weighted by Crippen LogP contribution is 2.07. The van der Waals surface area contributed by atoms with Gasteiger partial charge in [-0.15, -0.1) is 11.3 Å². The molecule has 0 spiro atoms. The minimum Gasteiger partial charge on any atom is -0.395 e. The predicted octanol–water partition coefficient (Wildman–Crippen LogP) is 1.61. The van der Waals surface area contributed by atoms with Crippen LogP contribution in [-0.2, 0) is 6.54 Å². The van der Waals surface area contributed by atoms with Crippen molar-refractivity contribution < 1.29 is 5.11 Å². The topological polar surface area (TPSA) is 32.3 Å². The minimum atomic E-state index is 0.224. The molecule has 0 unspecified atom stereocenters. The summed E-state index contributed by atoms with van der Waals surface area (Å²) in [5, 5.41) is 14.2. The van der Waals surface area contributed by atoms with Gasteiger partial charge in [-0.3, -0.25) is 0 Å². The number of aliphatic hydroxyl groups excluding tert-OH is 1. The Bertz CT molecular complexity index is 194. The number of rotatable bonds is 5. The van der Waals surface area contributed by atoms with Gasteiger partial charge in [0.1, 0.15) is 0 Å². The molecule has 0 saturated heterocycles. The van der Waals surface area contributed by atoms with E-state index in [1.165, 1.54) is 4.88 Å². The van der Waals surface area contributed by atoms with Crippen molar-refractivity contribution in [3.05, 3.63) is 22.4 Å². The third-order valence-corrected chi connectivity index (χ3v) is 2.73. The van der Waals surface area contributed by atoms with Crippen LogP contribution in [0.5, 0.6) is 0 Å². The lowest BCUT2D eigenvalue weighted by Gasteiger charge is -2.12. The van der Waals surface area contributed by atoms with E-state index >= 15 is 0 Å². The summed E-state index contributed by atoms with van der Waals surface area (Å²) in [6.07, 6.45) is 0.974. The lowest BCUT2D eigenvalue weighted by atomic mass is 10.2. The molecule has 0 bridgehead atoms. The zero-order valence-electron chi connectivity index (χ0n) is 7.29. The molecule has 0 aromatic carbocycles. The van der Waals surface area contributed by atoms with Crippen molar-refractivity contribution in [2.75, 3.05) is 6.61 Å². The van der Waals surface area contributed by atoms with Crippen LogP contribution in [0.2, 0.25) is 0 Å². The summed E-state index contributed by atoms with van der Waals surface area (Å²) in [6, 6.07) is 4.38. The number of hydrogen-bond donors (Lipinski definition) is 2. The molecule has 3 heteroatoms. The fourth-order valence-corrected chi connectivity index (χ4v) is 1.65. The van der Waals surface area contributed by atoms with Crippen LogP contribution in [0.15, 0.2) is 17.5 Å². The Balaban J connectivity index is 2.25. The normalized spacial score (nSPS) is 13.2. The molecule has 1 heterocycles. The van der Waals surface area contributed by atoms with E-state index in [9.17, 15) is 0 Å². The summed E-state index contributed by atoms with van der Waals surface area (Å²) in [5.41, 5.74) is 0. The molecule has 1 atom stereocenters. The fraction of sp³-hybridized carbons (Fsp3) is 0.556. The van der Waals surface area contributed by atoms with E-state index in [-0.39, 0.29) is 12.6 Å². The van der Waals surface area contributed by atoms with Crippen LogP contribution in [0, 0.1) is 0 Å². The average Bonchev–Trinajstić information content (AvgIpc) is 2.59. The summed E-state index contributed by atoms with van der Waals surface area (Å²) in [5.74, 6) is 0. The van der Waals surface area contributed by atoms with Crippen molar-refractivity contribution in [1.29, 1.82) is 0 Å². The molecule has 1 rings (SSSR count). The molecule has 1 aromatic rings. The number of hydrogen-bond acceptors (Lipinski definition) is 3. The molecule has 0 radical (unpaired) electrons. The molecular formula is C9H15NOS. The first-order chi connectivity index (χ1) is 5.86. The SMILES string of the molecule is CC[C@@H](CO)NCc1cccs1. The Morgan fingerprint density at radius 3 is 3.00 bits per heavy atom. The Kier molecular flexibility index (Phi) is 4.29. The first-order valence-electron chi connectivity index (χ1n) is 4.23. The second-order valence-corrected chi connectivity index (χ2v) is 3.78. The Labute approximate surface area is 77.2 Å². The molecular weight excluding hydrogens is 170 g/mol. The third-order valence-electron chi connectivity index (χ3n) is 1.86. The van der Waals surface area contributed by atoms with Gasteiger partial charge < -0.3 is 10.4 Å². The molecule has 0 amide bonds. The molecule has 1 aromatic heterocycles. The maximum absolute atomic E-state index is 8.90. The minimum absolute atomic E-state index is 0.224. The summed E-state index contributed by atoms with van der Waals surface area (Å²) in [7, 11) is 0. The number of aliphatic hydroxyl groups is 1. The Morgan fingerprint density at radius 1 is 1.67 bits per heavy atom. The van der Waals surface area contributed by atoms with Gasteiger partial charge in [-0.2, -0.15) is 0 Å².